The third-order valence-electron chi connectivity index (χ3n) is 9.61. The van der Waals surface area contributed by atoms with Crippen molar-refractivity contribution in [1.82, 2.24) is 5.32 Å². The topological polar surface area (TPSA) is 119 Å². The maximum Gasteiger partial charge on any atom is 0.326 e. The molecule has 0 aliphatic heterocycles. The van der Waals surface area contributed by atoms with Crippen LogP contribution in [0, 0.1) is 0 Å². The van der Waals surface area contributed by atoms with Crippen LogP contribution in [-0.4, -0.2) is 41.6 Å². The van der Waals surface area contributed by atoms with Gasteiger partial charge in [0.25, 0.3) is 0 Å². The van der Waals surface area contributed by atoms with Crippen LogP contribution in [0.5, 0.6) is 0 Å². The van der Waals surface area contributed by atoms with Gasteiger partial charge in [-0.1, -0.05) is 153 Å². The van der Waals surface area contributed by atoms with E-state index in [0.717, 1.165) is 77.0 Å². The minimum atomic E-state index is -1.01. The summed E-state index contributed by atoms with van der Waals surface area (Å²) in [5.74, 6) is -1.30. The van der Waals surface area contributed by atoms with Crippen molar-refractivity contribution in [2.45, 2.75) is 219 Å². The van der Waals surface area contributed by atoms with Gasteiger partial charge in [-0.05, 0) is 96.1 Å². The molecule has 0 aromatic rings. The van der Waals surface area contributed by atoms with E-state index in [1.54, 1.807) is 0 Å². The van der Waals surface area contributed by atoms with Crippen LogP contribution < -0.4 is 11.1 Å². The third-order valence-corrected chi connectivity index (χ3v) is 9.61. The van der Waals surface area contributed by atoms with Gasteiger partial charge in [0.05, 0.1) is 0 Å². The summed E-state index contributed by atoms with van der Waals surface area (Å²) in [5.41, 5.74) is 5.47. The lowest BCUT2D eigenvalue weighted by Gasteiger charge is -2.15. The monoisotopic (exact) mass is 743 g/mol. The number of esters is 1. The molecule has 0 heterocycles. The summed E-state index contributed by atoms with van der Waals surface area (Å²) < 4.78 is 5.93. The van der Waals surface area contributed by atoms with Gasteiger partial charge in [0.2, 0.25) is 5.91 Å². The Bertz CT molecular complexity index is 973. The van der Waals surface area contributed by atoms with Crippen LogP contribution in [-0.2, 0) is 19.1 Å². The molecule has 0 spiro atoms. The number of carbonyl (C=O) groups is 3. The number of carbonyl (C=O) groups excluding carboxylic acids is 2. The Morgan fingerprint density at radius 3 is 1.66 bits per heavy atom. The Labute approximate surface area is 326 Å². The van der Waals surface area contributed by atoms with Gasteiger partial charge in [0.15, 0.2) is 0 Å². The van der Waals surface area contributed by atoms with E-state index >= 15 is 0 Å². The second-order valence-electron chi connectivity index (χ2n) is 14.7. The number of ether oxygens (including phenoxy) is 1. The molecule has 1 amide bonds. The normalized spacial score (nSPS) is 13.1. The molecular formula is C46H82N2O5. The van der Waals surface area contributed by atoms with E-state index in [1.807, 2.05) is 0 Å². The summed E-state index contributed by atoms with van der Waals surface area (Å²) in [6, 6.07) is -0.858. The standard InChI is InChI=1S/C46H82N2O5/c1-3-5-7-9-11-13-14-15-16-17-18-19-20-21-22-24-30-34-40-45(50)53-42(36-31-27-23-12-10-8-6-4-2)37-32-28-25-26-29-33-39-44(49)48-43(46(51)52)38-35-41-47/h6,8,12,16-17,23,31,36,42-43H,3-5,7,9-11,13-15,18-22,24-30,32-35,37-41,47H2,1-2H3,(H,48,49)(H,51,52)/b8-6-,17-16-,23-12-,36-31-. The lowest BCUT2D eigenvalue weighted by atomic mass is 10.0. The summed E-state index contributed by atoms with van der Waals surface area (Å²) in [7, 11) is 0. The molecule has 0 saturated carbocycles. The molecule has 4 N–H and O–H groups in total. The molecule has 0 saturated heterocycles. The summed E-state index contributed by atoms with van der Waals surface area (Å²) in [5, 5.41) is 11.9. The number of unbranched alkanes of at least 4 members (excludes halogenated alkanes) is 19. The molecule has 0 rings (SSSR count). The van der Waals surface area contributed by atoms with E-state index in [-0.39, 0.29) is 18.0 Å². The fraction of sp³-hybridized carbons (Fsp3) is 0.761. The molecule has 2 unspecified atom stereocenters. The highest BCUT2D eigenvalue weighted by Crippen LogP contribution is 2.16. The van der Waals surface area contributed by atoms with Crippen molar-refractivity contribution in [2.24, 2.45) is 5.73 Å². The first-order valence-corrected chi connectivity index (χ1v) is 22.0. The molecule has 0 bridgehead atoms. The summed E-state index contributed by atoms with van der Waals surface area (Å²) in [4.78, 5) is 36.2. The number of rotatable bonds is 39. The van der Waals surface area contributed by atoms with Gasteiger partial charge in [0.1, 0.15) is 12.1 Å². The number of amides is 1. The van der Waals surface area contributed by atoms with Crippen molar-refractivity contribution >= 4 is 17.8 Å². The number of nitrogens with two attached hydrogens (primary N) is 1. The molecule has 0 aliphatic carbocycles. The number of allylic oxidation sites excluding steroid dienone is 7. The zero-order chi connectivity index (χ0) is 38.9. The quantitative estimate of drug-likeness (QED) is 0.0328. The number of hydrogen-bond acceptors (Lipinski definition) is 5. The van der Waals surface area contributed by atoms with Gasteiger partial charge in [0, 0.05) is 12.8 Å². The second-order valence-corrected chi connectivity index (χ2v) is 14.7. The Balaban J connectivity index is 4.23. The van der Waals surface area contributed by atoms with Gasteiger partial charge in [-0.25, -0.2) is 4.79 Å². The van der Waals surface area contributed by atoms with E-state index in [2.05, 4.69) is 67.8 Å². The van der Waals surface area contributed by atoms with Crippen molar-refractivity contribution in [1.29, 1.82) is 0 Å². The number of hydrogen-bond donors (Lipinski definition) is 3. The number of nitrogens with one attached hydrogen (secondary N) is 1. The zero-order valence-corrected chi connectivity index (χ0v) is 34.4. The minimum absolute atomic E-state index is 0.0883. The van der Waals surface area contributed by atoms with E-state index in [9.17, 15) is 19.5 Å². The minimum Gasteiger partial charge on any atom is -0.480 e. The van der Waals surface area contributed by atoms with Gasteiger partial charge >= 0.3 is 11.9 Å². The molecule has 0 aromatic heterocycles. The highest BCUT2D eigenvalue weighted by atomic mass is 16.5. The maximum atomic E-state index is 12.7. The molecule has 7 nitrogen and oxygen atoms in total. The first-order chi connectivity index (χ1) is 25.9. The average Bonchev–Trinajstić information content (AvgIpc) is 3.14. The largest absolute Gasteiger partial charge is 0.480 e. The highest BCUT2D eigenvalue weighted by Gasteiger charge is 2.18. The van der Waals surface area contributed by atoms with Crippen molar-refractivity contribution in [3.8, 4) is 0 Å². The first kappa shape index (κ1) is 50.3. The summed E-state index contributed by atoms with van der Waals surface area (Å²) in [6.07, 6.45) is 49.0. The smallest absolute Gasteiger partial charge is 0.326 e. The second kappa shape index (κ2) is 40.5. The van der Waals surface area contributed by atoms with Crippen LogP contribution in [0.2, 0.25) is 0 Å². The van der Waals surface area contributed by atoms with E-state index in [1.165, 1.54) is 89.9 Å². The number of aliphatic carboxylic acids is 1. The van der Waals surface area contributed by atoms with Gasteiger partial charge in [-0.3, -0.25) is 9.59 Å². The van der Waals surface area contributed by atoms with Crippen molar-refractivity contribution in [3.05, 3.63) is 48.6 Å². The summed E-state index contributed by atoms with van der Waals surface area (Å²) in [6.45, 7) is 4.82. The molecule has 2 atom stereocenters. The molecule has 7 heteroatoms. The average molecular weight is 743 g/mol. The molecule has 306 valence electrons. The van der Waals surface area contributed by atoms with E-state index < -0.39 is 12.0 Å². The fourth-order valence-electron chi connectivity index (χ4n) is 6.32. The molecular weight excluding hydrogens is 661 g/mol. The number of carboxylic acid groups (broad SMARTS) is 1. The van der Waals surface area contributed by atoms with Crippen LogP contribution in [0.3, 0.4) is 0 Å². The van der Waals surface area contributed by atoms with Crippen LogP contribution in [0.1, 0.15) is 206 Å². The van der Waals surface area contributed by atoms with Crippen molar-refractivity contribution < 1.29 is 24.2 Å². The molecule has 0 fully saturated rings. The summed E-state index contributed by atoms with van der Waals surface area (Å²) >= 11 is 0. The molecule has 0 aromatic carbocycles. The third kappa shape index (κ3) is 37.4. The zero-order valence-electron chi connectivity index (χ0n) is 34.4. The number of carboxylic acids is 1. The van der Waals surface area contributed by atoms with Gasteiger partial charge < -0.3 is 20.9 Å². The lowest BCUT2D eigenvalue weighted by Crippen LogP contribution is -2.40. The van der Waals surface area contributed by atoms with Crippen molar-refractivity contribution in [3.63, 3.8) is 0 Å². The Morgan fingerprint density at radius 2 is 1.09 bits per heavy atom. The fourth-order valence-corrected chi connectivity index (χ4v) is 6.32. The van der Waals surface area contributed by atoms with Crippen molar-refractivity contribution in [2.75, 3.05) is 6.54 Å². The maximum absolute atomic E-state index is 12.7. The molecule has 0 radical (unpaired) electrons. The first-order valence-electron chi connectivity index (χ1n) is 22.0. The highest BCUT2D eigenvalue weighted by molar-refractivity contribution is 5.83. The molecule has 0 aliphatic rings. The van der Waals surface area contributed by atoms with Gasteiger partial charge in [-0.15, -0.1) is 0 Å². The van der Waals surface area contributed by atoms with Crippen LogP contribution in [0.25, 0.3) is 0 Å². The van der Waals surface area contributed by atoms with Crippen LogP contribution >= 0.6 is 0 Å². The van der Waals surface area contributed by atoms with E-state index in [4.69, 9.17) is 10.5 Å². The Morgan fingerprint density at radius 1 is 0.585 bits per heavy atom. The van der Waals surface area contributed by atoms with Crippen LogP contribution in [0.4, 0.5) is 0 Å². The lowest BCUT2D eigenvalue weighted by molar-refractivity contribution is -0.147. The SMILES string of the molecule is CC/C=C\C/C=C\C/C=C\C(CCCCCCCCC(=O)NC(CCCN)C(=O)O)OC(=O)CCCCCCCCC/C=C\CCCCCCCCC. The Kier molecular flexibility index (Phi) is 38.5. The molecule has 53 heavy (non-hydrogen) atoms. The Hall–Kier alpha value is -2.67. The van der Waals surface area contributed by atoms with E-state index in [0.29, 0.717) is 32.2 Å². The predicted molar refractivity (Wildman–Crippen MR) is 225 cm³/mol. The predicted octanol–water partition coefficient (Wildman–Crippen LogP) is 12.4. The van der Waals surface area contributed by atoms with Gasteiger partial charge in [-0.2, -0.15) is 0 Å². The van der Waals surface area contributed by atoms with Crippen LogP contribution in [0.15, 0.2) is 48.6 Å².